The molecule has 2 aromatic carbocycles. The van der Waals surface area contributed by atoms with E-state index in [1.54, 1.807) is 12.1 Å². The minimum Gasteiger partial charge on any atom is -0.325 e. The number of hydrogen-bond donors (Lipinski definition) is 2. The molecule has 7 nitrogen and oxygen atoms in total. The molecule has 3 aromatic rings. The fourth-order valence-electron chi connectivity index (χ4n) is 2.68. The summed E-state index contributed by atoms with van der Waals surface area (Å²) in [6.45, 7) is 3.79. The number of H-pyrrole nitrogens is 1. The number of carbonyl (C=O) groups excluding carboxylic acids is 1. The van der Waals surface area contributed by atoms with Crippen LogP contribution >= 0.6 is 23.4 Å². The summed E-state index contributed by atoms with van der Waals surface area (Å²) in [5.41, 5.74) is 0.941. The van der Waals surface area contributed by atoms with Gasteiger partial charge in [-0.15, -0.1) is 0 Å². The Labute approximate surface area is 189 Å². The van der Waals surface area contributed by atoms with E-state index in [-0.39, 0.29) is 16.0 Å². The van der Waals surface area contributed by atoms with Gasteiger partial charge in [0.2, 0.25) is 15.7 Å². The Kier molecular flexibility index (Phi) is 7.19. The molecule has 2 N–H and O–H groups in total. The van der Waals surface area contributed by atoms with Crippen LogP contribution in [0.2, 0.25) is 5.02 Å². The number of hydrogen-bond acceptors (Lipinski definition) is 6. The van der Waals surface area contributed by atoms with E-state index < -0.39 is 25.5 Å². The summed E-state index contributed by atoms with van der Waals surface area (Å²) in [6.07, 6.45) is 1.49. The minimum atomic E-state index is -4.05. The fraction of sp³-hybridized carbons (Fsp3) is 0.190. The molecule has 0 bridgehead atoms. The molecule has 3 rings (SSSR count). The number of halogens is 1. The lowest BCUT2D eigenvalue weighted by atomic mass is 10.2. The summed E-state index contributed by atoms with van der Waals surface area (Å²) in [5, 5.41) is 2.85. The smallest absolute Gasteiger partial charge is 0.270 e. The first-order chi connectivity index (χ1) is 14.7. The van der Waals surface area contributed by atoms with Crippen LogP contribution in [0.3, 0.4) is 0 Å². The van der Waals surface area contributed by atoms with Crippen LogP contribution in [0.25, 0.3) is 0 Å². The van der Waals surface area contributed by atoms with E-state index in [1.807, 2.05) is 26.0 Å². The van der Waals surface area contributed by atoms with Crippen molar-refractivity contribution in [3.63, 3.8) is 0 Å². The molecule has 1 heterocycles. The van der Waals surface area contributed by atoms with Gasteiger partial charge >= 0.3 is 0 Å². The predicted molar refractivity (Wildman–Crippen MR) is 122 cm³/mol. The zero-order chi connectivity index (χ0) is 22.6. The third-order valence-electron chi connectivity index (χ3n) is 4.39. The lowest BCUT2D eigenvalue weighted by Crippen LogP contribution is -2.26. The van der Waals surface area contributed by atoms with Crippen molar-refractivity contribution in [3.05, 3.63) is 75.7 Å². The third kappa shape index (κ3) is 5.55. The van der Waals surface area contributed by atoms with E-state index in [1.165, 1.54) is 24.3 Å². The Balaban J connectivity index is 1.78. The Bertz CT molecular complexity index is 1240. The maximum atomic E-state index is 12.7. The standard InChI is InChI=1S/C21H20ClN3O4S2/c1-3-17(19(26)24-15-8-4-13(2)5-9-15)30-21-23-12-18(20(27)25-21)31(28,29)16-10-6-14(22)7-11-16/h4-12,17H,3H2,1-2H3,(H,24,26)(H,23,25,27)/t17-/m0/s1. The van der Waals surface area contributed by atoms with Crippen LogP contribution in [0.15, 0.2) is 74.5 Å². The molecule has 31 heavy (non-hydrogen) atoms. The van der Waals surface area contributed by atoms with E-state index in [4.69, 9.17) is 11.6 Å². The Hall–Kier alpha value is -2.62. The molecule has 0 spiro atoms. The summed E-state index contributed by atoms with van der Waals surface area (Å²) in [5.74, 6) is -0.239. The first-order valence-electron chi connectivity index (χ1n) is 9.35. The second-order valence-electron chi connectivity index (χ2n) is 6.71. The van der Waals surface area contributed by atoms with Crippen molar-refractivity contribution in [1.82, 2.24) is 9.97 Å². The summed E-state index contributed by atoms with van der Waals surface area (Å²) in [7, 11) is -4.05. The number of benzene rings is 2. The number of nitrogens with zero attached hydrogens (tertiary/aromatic N) is 1. The van der Waals surface area contributed by atoms with Gasteiger partial charge in [0.15, 0.2) is 10.1 Å². The van der Waals surface area contributed by atoms with Crippen LogP contribution in [0.1, 0.15) is 18.9 Å². The largest absolute Gasteiger partial charge is 0.325 e. The van der Waals surface area contributed by atoms with Crippen LogP contribution in [-0.2, 0) is 14.6 Å². The van der Waals surface area contributed by atoms with Crippen molar-refractivity contribution >= 4 is 44.8 Å². The van der Waals surface area contributed by atoms with Crippen molar-refractivity contribution in [2.45, 2.75) is 40.5 Å². The van der Waals surface area contributed by atoms with Gasteiger partial charge in [0.1, 0.15) is 0 Å². The van der Waals surface area contributed by atoms with Gasteiger partial charge in [-0.25, -0.2) is 13.4 Å². The Morgan fingerprint density at radius 2 is 1.81 bits per heavy atom. The second-order valence-corrected chi connectivity index (χ2v) is 10.3. The van der Waals surface area contributed by atoms with E-state index in [0.29, 0.717) is 17.1 Å². The molecule has 0 aliphatic heterocycles. The number of nitrogens with one attached hydrogen (secondary N) is 2. The molecule has 1 aromatic heterocycles. The zero-order valence-electron chi connectivity index (χ0n) is 16.8. The Morgan fingerprint density at radius 3 is 2.39 bits per heavy atom. The van der Waals surface area contributed by atoms with Gasteiger partial charge < -0.3 is 10.3 Å². The molecule has 0 unspecified atom stereocenters. The Morgan fingerprint density at radius 1 is 1.16 bits per heavy atom. The molecule has 0 radical (unpaired) electrons. The van der Waals surface area contributed by atoms with E-state index >= 15 is 0 Å². The fourth-order valence-corrected chi connectivity index (χ4v) is 4.90. The maximum absolute atomic E-state index is 12.7. The molecule has 0 aliphatic carbocycles. The number of sulfone groups is 1. The number of aryl methyl sites for hydroxylation is 1. The van der Waals surface area contributed by atoms with Crippen LogP contribution in [-0.4, -0.2) is 29.5 Å². The van der Waals surface area contributed by atoms with Gasteiger partial charge in [-0.3, -0.25) is 9.59 Å². The first-order valence-corrected chi connectivity index (χ1v) is 12.1. The molecule has 162 valence electrons. The quantitative estimate of drug-likeness (QED) is 0.392. The van der Waals surface area contributed by atoms with Crippen molar-refractivity contribution in [2.24, 2.45) is 0 Å². The predicted octanol–water partition coefficient (Wildman–Crippen LogP) is 4.07. The number of anilines is 1. The molecular weight excluding hydrogens is 458 g/mol. The summed E-state index contributed by atoms with van der Waals surface area (Å²) < 4.78 is 25.4. The monoisotopic (exact) mass is 477 g/mol. The summed E-state index contributed by atoms with van der Waals surface area (Å²) in [4.78, 5) is 31.1. The van der Waals surface area contributed by atoms with Crippen LogP contribution in [0.4, 0.5) is 5.69 Å². The molecule has 0 aliphatic rings. The van der Waals surface area contributed by atoms with Crippen molar-refractivity contribution in [3.8, 4) is 0 Å². The van der Waals surface area contributed by atoms with Crippen LogP contribution in [0, 0.1) is 6.92 Å². The van der Waals surface area contributed by atoms with Crippen LogP contribution < -0.4 is 10.9 Å². The number of aromatic nitrogens is 2. The molecule has 0 fully saturated rings. The van der Waals surface area contributed by atoms with E-state index in [0.717, 1.165) is 23.5 Å². The topological polar surface area (TPSA) is 109 Å². The average molecular weight is 478 g/mol. The molecular formula is C21H20ClN3O4S2. The highest BCUT2D eigenvalue weighted by Crippen LogP contribution is 2.24. The lowest BCUT2D eigenvalue weighted by molar-refractivity contribution is -0.115. The molecule has 0 saturated heterocycles. The average Bonchev–Trinajstić information content (AvgIpc) is 2.73. The van der Waals surface area contributed by atoms with Gasteiger partial charge in [0, 0.05) is 10.7 Å². The SMILES string of the molecule is CC[C@H](Sc1ncc(S(=O)(=O)c2ccc(Cl)cc2)c(=O)[nH]1)C(=O)Nc1ccc(C)cc1. The van der Waals surface area contributed by atoms with E-state index in [2.05, 4.69) is 15.3 Å². The number of amides is 1. The van der Waals surface area contributed by atoms with Crippen LogP contribution in [0.5, 0.6) is 0 Å². The molecule has 1 atom stereocenters. The second kappa shape index (κ2) is 9.67. The van der Waals surface area contributed by atoms with Gasteiger partial charge in [-0.1, -0.05) is 48.0 Å². The molecule has 0 saturated carbocycles. The number of rotatable bonds is 7. The highest BCUT2D eigenvalue weighted by molar-refractivity contribution is 8.00. The van der Waals surface area contributed by atoms with Gasteiger partial charge in [-0.2, -0.15) is 0 Å². The zero-order valence-corrected chi connectivity index (χ0v) is 19.1. The van der Waals surface area contributed by atoms with Crippen molar-refractivity contribution in [1.29, 1.82) is 0 Å². The normalized spacial score (nSPS) is 12.4. The molecule has 10 heteroatoms. The van der Waals surface area contributed by atoms with Gasteiger partial charge in [-0.05, 0) is 49.7 Å². The summed E-state index contributed by atoms with van der Waals surface area (Å²) >= 11 is 6.85. The highest BCUT2D eigenvalue weighted by atomic mass is 35.5. The lowest BCUT2D eigenvalue weighted by Gasteiger charge is -2.14. The number of thioether (sulfide) groups is 1. The minimum absolute atomic E-state index is 0.0616. The maximum Gasteiger partial charge on any atom is 0.270 e. The van der Waals surface area contributed by atoms with Crippen molar-refractivity contribution < 1.29 is 13.2 Å². The number of carbonyl (C=O) groups is 1. The van der Waals surface area contributed by atoms with Gasteiger partial charge in [0.05, 0.1) is 16.3 Å². The first kappa shape index (κ1) is 23.1. The van der Waals surface area contributed by atoms with Crippen molar-refractivity contribution in [2.75, 3.05) is 5.32 Å². The number of aromatic amines is 1. The summed E-state index contributed by atoms with van der Waals surface area (Å²) in [6, 6.07) is 12.9. The van der Waals surface area contributed by atoms with E-state index in [9.17, 15) is 18.0 Å². The molecule has 1 amide bonds. The highest BCUT2D eigenvalue weighted by Gasteiger charge is 2.24. The third-order valence-corrected chi connectivity index (χ3v) is 7.67. The van der Waals surface area contributed by atoms with Gasteiger partial charge in [0.25, 0.3) is 5.56 Å².